The molecule has 14 nitrogen and oxygen atoms in total. The van der Waals surface area contributed by atoms with Crippen molar-refractivity contribution in [2.24, 2.45) is 0 Å². The molecule has 2 saturated heterocycles. The van der Waals surface area contributed by atoms with Gasteiger partial charge in [0.05, 0.1) is 24.5 Å². The molecule has 6 heterocycles. The van der Waals surface area contributed by atoms with Gasteiger partial charge in [-0.2, -0.15) is 9.97 Å². The fourth-order valence-electron chi connectivity index (χ4n) is 6.45. The summed E-state index contributed by atoms with van der Waals surface area (Å²) in [7, 11) is 0. The lowest BCUT2D eigenvalue weighted by Crippen LogP contribution is -2.57. The maximum absolute atomic E-state index is 12.7. The number of fused-ring (bicyclic) bond motifs is 2. The SMILES string of the molecule is Cc1ccc2oc(N3CCN(C(=O)OC(C)(C)C)CC3COc3cccnc3)nc2c1.Cc1ccc2oc(N3CCNCC3COc3cccnc3)nc2c1.Cl. The number of nitrogens with zero attached hydrogens (tertiary/aromatic N) is 7. The minimum atomic E-state index is -0.548. The smallest absolute Gasteiger partial charge is 0.410 e. The van der Waals surface area contributed by atoms with E-state index in [1.165, 1.54) is 5.56 Å². The van der Waals surface area contributed by atoms with Crippen molar-refractivity contribution in [2.75, 3.05) is 62.3 Å². The first-order valence-electron chi connectivity index (χ1n) is 18.6. The molecule has 0 saturated carbocycles. The Balaban J connectivity index is 0.000000192. The van der Waals surface area contributed by atoms with E-state index >= 15 is 0 Å². The molecular weight excluding hydrogens is 736 g/mol. The van der Waals surface area contributed by atoms with Crippen molar-refractivity contribution in [1.29, 1.82) is 0 Å². The van der Waals surface area contributed by atoms with Gasteiger partial charge in [0.15, 0.2) is 11.2 Å². The number of pyridine rings is 2. The van der Waals surface area contributed by atoms with Crippen molar-refractivity contribution in [1.82, 2.24) is 30.2 Å². The lowest BCUT2D eigenvalue weighted by molar-refractivity contribution is 0.0198. The van der Waals surface area contributed by atoms with Crippen LogP contribution in [-0.2, 0) is 4.74 Å². The molecule has 2 aliphatic rings. The highest BCUT2D eigenvalue weighted by Gasteiger charge is 2.35. The summed E-state index contributed by atoms with van der Waals surface area (Å²) < 4.78 is 29.4. The van der Waals surface area contributed by atoms with Crippen molar-refractivity contribution < 1.29 is 27.8 Å². The summed E-state index contributed by atoms with van der Waals surface area (Å²) in [6.07, 6.45) is 6.50. The molecule has 2 aliphatic heterocycles. The number of piperazine rings is 2. The van der Waals surface area contributed by atoms with Gasteiger partial charge in [0.25, 0.3) is 12.0 Å². The van der Waals surface area contributed by atoms with Crippen molar-refractivity contribution in [3.05, 3.63) is 96.6 Å². The molecule has 2 unspecified atom stereocenters. The van der Waals surface area contributed by atoms with Crippen LogP contribution in [-0.4, -0.2) is 101 Å². The number of halogens is 1. The maximum Gasteiger partial charge on any atom is 0.410 e. The lowest BCUT2D eigenvalue weighted by Gasteiger charge is -2.40. The summed E-state index contributed by atoms with van der Waals surface area (Å²) in [5.74, 6) is 1.45. The van der Waals surface area contributed by atoms with E-state index in [-0.39, 0.29) is 30.6 Å². The van der Waals surface area contributed by atoms with Gasteiger partial charge >= 0.3 is 6.09 Å². The molecule has 0 aliphatic carbocycles. The number of hydrogen-bond acceptors (Lipinski definition) is 13. The van der Waals surface area contributed by atoms with Crippen molar-refractivity contribution in [2.45, 2.75) is 52.3 Å². The van der Waals surface area contributed by atoms with Crippen LogP contribution < -0.4 is 24.6 Å². The largest absolute Gasteiger partial charge is 0.490 e. The number of hydrogen-bond donors (Lipinski definition) is 1. The van der Waals surface area contributed by atoms with Gasteiger partial charge in [-0.3, -0.25) is 9.97 Å². The van der Waals surface area contributed by atoms with Crippen molar-refractivity contribution >= 4 is 52.7 Å². The molecule has 0 radical (unpaired) electrons. The summed E-state index contributed by atoms with van der Waals surface area (Å²) in [6, 6.07) is 20.7. The van der Waals surface area contributed by atoms with Gasteiger partial charge in [-0.25, -0.2) is 4.79 Å². The number of ether oxygens (including phenoxy) is 3. The second-order valence-electron chi connectivity index (χ2n) is 14.8. The van der Waals surface area contributed by atoms with Gasteiger partial charge in [-0.05, 0) is 94.3 Å². The van der Waals surface area contributed by atoms with Gasteiger partial charge in [-0.1, -0.05) is 12.1 Å². The van der Waals surface area contributed by atoms with Gasteiger partial charge in [0, 0.05) is 51.7 Å². The summed E-state index contributed by atoms with van der Waals surface area (Å²) in [5.41, 5.74) is 5.03. The van der Waals surface area contributed by atoms with Crippen LogP contribution in [0.15, 0.2) is 94.3 Å². The number of anilines is 2. The van der Waals surface area contributed by atoms with Gasteiger partial charge in [-0.15, -0.1) is 12.4 Å². The Morgan fingerprint density at radius 1 is 0.786 bits per heavy atom. The van der Waals surface area contributed by atoms with Crippen molar-refractivity contribution in [3.63, 3.8) is 0 Å². The molecule has 56 heavy (non-hydrogen) atoms. The molecule has 4 aromatic heterocycles. The number of rotatable bonds is 8. The van der Waals surface area contributed by atoms with E-state index in [1.807, 2.05) is 88.4 Å². The molecule has 15 heteroatoms. The molecule has 2 fully saturated rings. The summed E-state index contributed by atoms with van der Waals surface area (Å²) in [5, 5.41) is 3.41. The average molecular weight is 785 g/mol. The third kappa shape index (κ3) is 10.2. The quantitative estimate of drug-likeness (QED) is 0.172. The maximum atomic E-state index is 12.7. The Hall–Kier alpha value is -5.60. The number of carbonyl (C=O) groups is 1. The second kappa shape index (κ2) is 17.9. The Morgan fingerprint density at radius 3 is 1.88 bits per heavy atom. The van der Waals surface area contributed by atoms with Crippen LogP contribution in [0, 0.1) is 13.8 Å². The molecule has 1 amide bonds. The zero-order chi connectivity index (χ0) is 38.4. The zero-order valence-corrected chi connectivity index (χ0v) is 33.2. The first kappa shape index (κ1) is 40.1. The number of amides is 1. The van der Waals surface area contributed by atoms with E-state index in [0.29, 0.717) is 50.6 Å². The van der Waals surface area contributed by atoms with E-state index < -0.39 is 5.60 Å². The monoisotopic (exact) mass is 784 g/mol. The normalized spacial score (nSPS) is 17.2. The molecule has 296 valence electrons. The molecule has 2 aromatic carbocycles. The minimum absolute atomic E-state index is 0. The second-order valence-corrected chi connectivity index (χ2v) is 14.8. The predicted molar refractivity (Wildman–Crippen MR) is 217 cm³/mol. The van der Waals surface area contributed by atoms with Crippen LogP contribution in [0.5, 0.6) is 11.5 Å². The minimum Gasteiger partial charge on any atom is -0.490 e. The Bertz CT molecular complexity index is 2180. The number of aryl methyl sites for hydroxylation is 2. The fourth-order valence-corrected chi connectivity index (χ4v) is 6.45. The van der Waals surface area contributed by atoms with E-state index in [2.05, 4.69) is 42.0 Å². The molecular formula is C41H49ClN8O6. The average Bonchev–Trinajstić information content (AvgIpc) is 3.80. The summed E-state index contributed by atoms with van der Waals surface area (Å²) in [4.78, 5) is 36.1. The highest BCUT2D eigenvalue weighted by molar-refractivity contribution is 5.85. The van der Waals surface area contributed by atoms with Crippen LogP contribution in [0.4, 0.5) is 16.8 Å². The molecule has 0 spiro atoms. The number of aromatic nitrogens is 4. The Labute approximate surface area is 332 Å². The molecule has 2 atom stereocenters. The number of nitrogens with one attached hydrogen (secondary N) is 1. The number of carbonyl (C=O) groups excluding carboxylic acids is 1. The van der Waals surface area contributed by atoms with E-state index in [1.54, 1.807) is 29.7 Å². The highest BCUT2D eigenvalue weighted by atomic mass is 35.5. The Kier molecular flexibility index (Phi) is 12.8. The highest BCUT2D eigenvalue weighted by Crippen LogP contribution is 2.28. The van der Waals surface area contributed by atoms with Crippen molar-refractivity contribution in [3.8, 4) is 11.5 Å². The first-order chi connectivity index (χ1) is 26.6. The van der Waals surface area contributed by atoms with Gasteiger partial charge in [0.2, 0.25) is 0 Å². The van der Waals surface area contributed by atoms with Gasteiger partial charge in [0.1, 0.15) is 41.3 Å². The molecule has 8 rings (SSSR count). The summed E-state index contributed by atoms with van der Waals surface area (Å²) in [6.45, 7) is 14.7. The van der Waals surface area contributed by atoms with E-state index in [0.717, 1.165) is 53.1 Å². The third-order valence-electron chi connectivity index (χ3n) is 9.19. The summed E-state index contributed by atoms with van der Waals surface area (Å²) >= 11 is 0. The number of benzene rings is 2. The van der Waals surface area contributed by atoms with Crippen LogP contribution in [0.2, 0.25) is 0 Å². The fraction of sp³-hybridized carbons (Fsp3) is 0.390. The molecule has 6 aromatic rings. The van der Waals surface area contributed by atoms with Crippen LogP contribution in [0.3, 0.4) is 0 Å². The van der Waals surface area contributed by atoms with E-state index in [4.69, 9.17) is 23.0 Å². The first-order valence-corrected chi connectivity index (χ1v) is 18.6. The standard InChI is InChI=1S/C23H28N4O4.C18H20N4O2.ClH/c1-16-7-8-20-19(12-16)25-21(30-20)27-11-10-26(22(28)31-23(2,3)4)14-17(27)15-29-18-6-5-9-24-13-18;1-13-4-5-17-16(9-13)21-18(24-17)22-8-7-20-10-14(22)12-23-15-3-2-6-19-11-15;/h5-9,12-13,17H,10-11,14-15H2,1-4H3;2-6,9,11,14,20H,7-8,10,12H2,1H3;1H. The third-order valence-corrected chi connectivity index (χ3v) is 9.19. The number of oxazole rings is 2. The zero-order valence-electron chi connectivity index (χ0n) is 32.4. The topological polar surface area (TPSA) is 144 Å². The predicted octanol–water partition coefficient (Wildman–Crippen LogP) is 6.85. The van der Waals surface area contributed by atoms with Crippen LogP contribution in [0.25, 0.3) is 22.2 Å². The Morgan fingerprint density at radius 2 is 1.34 bits per heavy atom. The van der Waals surface area contributed by atoms with E-state index in [9.17, 15) is 4.79 Å². The van der Waals surface area contributed by atoms with Crippen LogP contribution >= 0.6 is 12.4 Å². The van der Waals surface area contributed by atoms with Gasteiger partial charge < -0.3 is 43.1 Å². The van der Waals surface area contributed by atoms with Crippen LogP contribution in [0.1, 0.15) is 31.9 Å². The molecule has 1 N–H and O–H groups in total. The lowest BCUT2D eigenvalue weighted by atomic mass is 10.2. The molecule has 0 bridgehead atoms.